The van der Waals surface area contributed by atoms with Gasteiger partial charge < -0.3 is 15.1 Å². The molecule has 2 heterocycles. The number of rotatable bonds is 1. The predicted octanol–water partition coefficient (Wildman–Crippen LogP) is 1.10. The van der Waals surface area contributed by atoms with E-state index >= 15 is 0 Å². The average Bonchev–Trinajstić information content (AvgIpc) is 2.61. The number of nitrogens with two attached hydrogens (primary N) is 1. The first-order chi connectivity index (χ1) is 7.99. The van der Waals surface area contributed by atoms with Gasteiger partial charge in [0.25, 0.3) is 5.91 Å². The van der Waals surface area contributed by atoms with Gasteiger partial charge in [-0.15, -0.1) is 0 Å². The first-order valence-electron chi connectivity index (χ1n) is 5.98. The van der Waals surface area contributed by atoms with Crippen molar-refractivity contribution >= 4 is 5.91 Å². The molecule has 2 N–H and O–H groups in total. The van der Waals surface area contributed by atoms with E-state index in [4.69, 9.17) is 10.2 Å². The molecule has 1 aromatic rings. The monoisotopic (exact) mass is 237 g/mol. The van der Waals surface area contributed by atoms with Crippen LogP contribution in [-0.2, 0) is 0 Å². The Morgan fingerprint density at radius 1 is 1.53 bits per heavy atom. The number of likely N-dealkylation sites (tertiary alicyclic amines) is 1. The number of amides is 1. The lowest BCUT2D eigenvalue weighted by molar-refractivity contribution is 0.0630. The van der Waals surface area contributed by atoms with E-state index in [1.165, 1.54) is 0 Å². The maximum Gasteiger partial charge on any atom is 0.291 e. The second kappa shape index (κ2) is 4.49. The number of aromatic nitrogens is 1. The van der Waals surface area contributed by atoms with Crippen molar-refractivity contribution in [2.45, 2.75) is 33.2 Å². The van der Waals surface area contributed by atoms with E-state index in [-0.39, 0.29) is 11.9 Å². The molecular formula is C12H19N3O2. The highest BCUT2D eigenvalue weighted by molar-refractivity contribution is 5.92. The second-order valence-electron chi connectivity index (χ2n) is 4.83. The largest absolute Gasteiger partial charge is 0.436 e. The fourth-order valence-corrected chi connectivity index (χ4v) is 2.22. The maximum absolute atomic E-state index is 12.2. The molecule has 0 spiro atoms. The van der Waals surface area contributed by atoms with Crippen LogP contribution in [0.5, 0.6) is 0 Å². The molecular weight excluding hydrogens is 218 g/mol. The van der Waals surface area contributed by atoms with Gasteiger partial charge in [0.1, 0.15) is 0 Å². The van der Waals surface area contributed by atoms with Gasteiger partial charge in [0.15, 0.2) is 5.89 Å². The van der Waals surface area contributed by atoms with Gasteiger partial charge in [-0.3, -0.25) is 4.79 Å². The van der Waals surface area contributed by atoms with Gasteiger partial charge in [-0.2, -0.15) is 0 Å². The summed E-state index contributed by atoms with van der Waals surface area (Å²) in [5.41, 5.74) is 6.60. The normalized spacial score (nSPS) is 25.1. The van der Waals surface area contributed by atoms with Gasteiger partial charge in [0, 0.05) is 26.1 Å². The topological polar surface area (TPSA) is 72.4 Å². The van der Waals surface area contributed by atoms with E-state index in [1.54, 1.807) is 18.7 Å². The second-order valence-corrected chi connectivity index (χ2v) is 4.83. The fourth-order valence-electron chi connectivity index (χ4n) is 2.22. The number of piperidine rings is 1. The van der Waals surface area contributed by atoms with Crippen LogP contribution in [0, 0.1) is 19.8 Å². The van der Waals surface area contributed by atoms with Crippen molar-refractivity contribution in [3.05, 3.63) is 17.3 Å². The van der Waals surface area contributed by atoms with E-state index in [9.17, 15) is 4.79 Å². The first-order valence-corrected chi connectivity index (χ1v) is 5.98. The Bertz CT molecular complexity index is 427. The highest BCUT2D eigenvalue weighted by Gasteiger charge is 2.29. The van der Waals surface area contributed by atoms with Crippen molar-refractivity contribution in [3.8, 4) is 0 Å². The summed E-state index contributed by atoms with van der Waals surface area (Å²) in [5, 5.41) is 0. The van der Waals surface area contributed by atoms with Gasteiger partial charge in [-0.25, -0.2) is 4.98 Å². The zero-order valence-electron chi connectivity index (χ0n) is 10.6. The lowest BCUT2D eigenvalue weighted by Crippen LogP contribution is -2.48. The summed E-state index contributed by atoms with van der Waals surface area (Å²) in [6, 6.07) is 0.191. The van der Waals surface area contributed by atoms with Crippen LogP contribution in [0.3, 0.4) is 0 Å². The smallest absolute Gasteiger partial charge is 0.291 e. The van der Waals surface area contributed by atoms with Crippen LogP contribution in [0.25, 0.3) is 0 Å². The molecule has 2 unspecified atom stereocenters. The van der Waals surface area contributed by atoms with E-state index in [0.29, 0.717) is 36.4 Å². The summed E-state index contributed by atoms with van der Waals surface area (Å²) in [4.78, 5) is 18.2. The molecule has 0 bridgehead atoms. The molecule has 5 nitrogen and oxygen atoms in total. The molecule has 2 rings (SSSR count). The molecule has 0 saturated carbocycles. The molecule has 2 atom stereocenters. The van der Waals surface area contributed by atoms with Gasteiger partial charge >= 0.3 is 0 Å². The standard InChI is InChI=1S/C12H19N3O2/c1-7-6-15(5-4-10(7)13)12(16)11-8(2)14-9(3)17-11/h7,10H,4-6,13H2,1-3H3. The Morgan fingerprint density at radius 3 is 2.76 bits per heavy atom. The summed E-state index contributed by atoms with van der Waals surface area (Å²) in [7, 11) is 0. The number of nitrogens with zero attached hydrogens (tertiary/aromatic N) is 2. The quantitative estimate of drug-likeness (QED) is 0.794. The minimum Gasteiger partial charge on any atom is -0.436 e. The summed E-state index contributed by atoms with van der Waals surface area (Å²) < 4.78 is 5.36. The molecule has 1 aromatic heterocycles. The zero-order chi connectivity index (χ0) is 12.6. The Balaban J connectivity index is 2.13. The molecule has 1 fully saturated rings. The predicted molar refractivity (Wildman–Crippen MR) is 63.6 cm³/mol. The first kappa shape index (κ1) is 12.1. The lowest BCUT2D eigenvalue weighted by Gasteiger charge is -2.34. The Hall–Kier alpha value is -1.36. The van der Waals surface area contributed by atoms with Gasteiger partial charge in [-0.1, -0.05) is 6.92 Å². The van der Waals surface area contributed by atoms with E-state index in [2.05, 4.69) is 11.9 Å². The minimum atomic E-state index is -0.0677. The Kier molecular flexibility index (Phi) is 3.19. The maximum atomic E-state index is 12.2. The summed E-state index contributed by atoms with van der Waals surface area (Å²) in [5.74, 6) is 1.16. The third-order valence-electron chi connectivity index (χ3n) is 3.36. The zero-order valence-corrected chi connectivity index (χ0v) is 10.6. The van der Waals surface area contributed by atoms with Gasteiger partial charge in [0.05, 0.1) is 5.69 Å². The van der Waals surface area contributed by atoms with Crippen molar-refractivity contribution in [2.75, 3.05) is 13.1 Å². The number of carbonyl (C=O) groups excluding carboxylic acids is 1. The highest BCUT2D eigenvalue weighted by Crippen LogP contribution is 2.19. The Morgan fingerprint density at radius 2 is 2.24 bits per heavy atom. The molecule has 0 aliphatic carbocycles. The number of carbonyl (C=O) groups is 1. The molecule has 1 amide bonds. The Labute approximate surface area is 101 Å². The molecule has 0 aromatic carbocycles. The van der Waals surface area contributed by atoms with E-state index < -0.39 is 0 Å². The van der Waals surface area contributed by atoms with Crippen molar-refractivity contribution < 1.29 is 9.21 Å². The number of oxazole rings is 1. The third-order valence-corrected chi connectivity index (χ3v) is 3.36. The lowest BCUT2D eigenvalue weighted by atomic mass is 9.94. The molecule has 17 heavy (non-hydrogen) atoms. The summed E-state index contributed by atoms with van der Waals surface area (Å²) in [6.45, 7) is 7.01. The van der Waals surface area contributed by atoms with Crippen LogP contribution in [-0.4, -0.2) is 34.9 Å². The van der Waals surface area contributed by atoms with Crippen LogP contribution >= 0.6 is 0 Å². The van der Waals surface area contributed by atoms with Crippen molar-refractivity contribution in [1.82, 2.24) is 9.88 Å². The van der Waals surface area contributed by atoms with Crippen LogP contribution < -0.4 is 5.73 Å². The summed E-state index contributed by atoms with van der Waals surface area (Å²) in [6.07, 6.45) is 0.846. The van der Waals surface area contributed by atoms with Crippen LogP contribution in [0.1, 0.15) is 35.5 Å². The van der Waals surface area contributed by atoms with Gasteiger partial charge in [0.2, 0.25) is 5.76 Å². The van der Waals surface area contributed by atoms with Crippen LogP contribution in [0.4, 0.5) is 0 Å². The fraction of sp³-hybridized carbons (Fsp3) is 0.667. The van der Waals surface area contributed by atoms with E-state index in [1.807, 2.05) is 0 Å². The van der Waals surface area contributed by atoms with Crippen molar-refractivity contribution in [3.63, 3.8) is 0 Å². The van der Waals surface area contributed by atoms with E-state index in [0.717, 1.165) is 6.42 Å². The SMILES string of the molecule is Cc1nc(C)c(C(=O)N2CCC(N)C(C)C2)o1. The molecule has 0 radical (unpaired) electrons. The van der Waals surface area contributed by atoms with Crippen LogP contribution in [0.15, 0.2) is 4.42 Å². The number of hydrogen-bond acceptors (Lipinski definition) is 4. The highest BCUT2D eigenvalue weighted by atomic mass is 16.4. The molecule has 1 saturated heterocycles. The van der Waals surface area contributed by atoms with Crippen LogP contribution in [0.2, 0.25) is 0 Å². The third kappa shape index (κ3) is 2.34. The minimum absolute atomic E-state index is 0.0677. The molecule has 1 aliphatic heterocycles. The molecule has 1 aliphatic rings. The number of aryl methyl sites for hydroxylation is 2. The summed E-state index contributed by atoms with van der Waals surface area (Å²) >= 11 is 0. The molecule has 94 valence electrons. The van der Waals surface area contributed by atoms with Gasteiger partial charge in [-0.05, 0) is 19.3 Å². The number of hydrogen-bond donors (Lipinski definition) is 1. The molecule has 5 heteroatoms. The van der Waals surface area contributed by atoms with Crippen molar-refractivity contribution in [1.29, 1.82) is 0 Å². The van der Waals surface area contributed by atoms with Crippen molar-refractivity contribution in [2.24, 2.45) is 11.7 Å². The average molecular weight is 237 g/mol.